The summed E-state index contributed by atoms with van der Waals surface area (Å²) in [4.78, 5) is 52.7. The molecule has 6 atom stereocenters. The van der Waals surface area contributed by atoms with E-state index in [9.17, 15) is 24.6 Å². The second kappa shape index (κ2) is 20.4. The number of anilines is 1. The van der Waals surface area contributed by atoms with Crippen LogP contribution in [0.3, 0.4) is 0 Å². The fourth-order valence-corrected chi connectivity index (χ4v) is 12.3. The lowest BCUT2D eigenvalue weighted by atomic mass is 9.81. The summed E-state index contributed by atoms with van der Waals surface area (Å²) >= 11 is 0. The van der Waals surface area contributed by atoms with Crippen LogP contribution in [0.25, 0.3) is 11.3 Å². The molecule has 1 aromatic heterocycles. The first-order chi connectivity index (χ1) is 32.7. The summed E-state index contributed by atoms with van der Waals surface area (Å²) in [5, 5.41) is 39.9. The van der Waals surface area contributed by atoms with E-state index >= 15 is 0 Å². The lowest BCUT2D eigenvalue weighted by molar-refractivity contribution is -0.142. The summed E-state index contributed by atoms with van der Waals surface area (Å²) in [5.74, 6) is 4.00. The third-order valence-electron chi connectivity index (χ3n) is 16.2. The van der Waals surface area contributed by atoms with Gasteiger partial charge in [0.15, 0.2) is 5.82 Å². The molecule has 1 saturated carbocycles. The average Bonchev–Trinajstić information content (AvgIpc) is 3.93. The molecule has 5 fully saturated rings. The number of nitrogens with one attached hydrogen (secondary N) is 3. The number of aromatic hydroxyl groups is 1. The number of fused-ring (bicyclic) bond motifs is 3. The summed E-state index contributed by atoms with van der Waals surface area (Å²) in [6, 6.07) is 16.8. The maximum atomic E-state index is 14.2. The number of hydrogen-bond donors (Lipinski definition) is 5. The standard InChI is InChI=1S/C53H72N10O5/c1-6-35-11-13-36(14-12-35)31-54-50(66)45-29-40(64)33-63(45)51(67)48(53(3,4)5)56-52(68)61-27-25-59(26-28-61)32-37-15-17-38(18-16-37)60-22-19-39(20-23-60)62-24-21-43-47(34(62)2)42-30-44(57-58-49(42)55-43)41-9-7-8-10-46(41)65/h1,7-14,30,34,37-40,43,45,47-48,64-65H,15-29,31-33H2,2-5H3,(H,54,66)(H,55,58)(H,56,68)/t34-,37-,38-,40-,43?,45+,47?,48-/m1/s1. The monoisotopic (exact) mass is 929 g/mol. The minimum absolute atomic E-state index is 0.0328. The molecule has 4 amide bonds. The van der Waals surface area contributed by atoms with Gasteiger partial charge in [-0.05, 0) is 112 Å². The lowest BCUT2D eigenvalue weighted by Gasteiger charge is -2.49. The van der Waals surface area contributed by atoms with E-state index in [4.69, 9.17) is 6.42 Å². The molecule has 5 aliphatic heterocycles. The highest BCUT2D eigenvalue weighted by Crippen LogP contribution is 2.45. The number of nitrogens with zero attached hydrogens (tertiary/aromatic N) is 7. The van der Waals surface area contributed by atoms with Crippen molar-refractivity contribution in [1.82, 2.24) is 45.3 Å². The number of likely N-dealkylation sites (tertiary alicyclic amines) is 3. The van der Waals surface area contributed by atoms with Crippen molar-refractivity contribution in [2.24, 2.45) is 11.3 Å². The van der Waals surface area contributed by atoms with Crippen LogP contribution < -0.4 is 16.0 Å². The Hall–Kier alpha value is -5.27. The van der Waals surface area contributed by atoms with Crippen LogP contribution in [0.15, 0.2) is 54.6 Å². The van der Waals surface area contributed by atoms with E-state index in [0.29, 0.717) is 49.1 Å². The SMILES string of the molecule is C#Cc1ccc(CNC(=O)[C@@H]2C[C@@H](O)CN2C(=O)[C@@H](NC(=O)N2CCN(C[C@H]3CC[C@H](N4CCC(N5CCC6Nc7nnc(-c8ccccc8O)cc7C6[C@H]5C)CC4)CC3)CC2)C(C)(C)C)cc1. The molecule has 1 aliphatic carbocycles. The fraction of sp³-hybridized carbons (Fsp3) is 0.604. The van der Waals surface area contributed by atoms with Gasteiger partial charge < -0.3 is 40.9 Å². The van der Waals surface area contributed by atoms with Gasteiger partial charge >= 0.3 is 6.03 Å². The van der Waals surface area contributed by atoms with Gasteiger partial charge in [0.2, 0.25) is 11.8 Å². The number of hydrogen-bond acceptors (Lipinski definition) is 11. The number of aromatic nitrogens is 2. The lowest BCUT2D eigenvalue weighted by Crippen LogP contribution is -2.61. The average molecular weight is 929 g/mol. The van der Waals surface area contributed by atoms with Crippen LogP contribution >= 0.6 is 0 Å². The van der Waals surface area contributed by atoms with E-state index in [1.807, 2.05) is 68.1 Å². The first kappa shape index (κ1) is 47.8. The van der Waals surface area contributed by atoms with Crippen LogP contribution in [-0.4, -0.2) is 164 Å². The third kappa shape index (κ3) is 10.3. The Balaban J connectivity index is 0.705. The zero-order valence-corrected chi connectivity index (χ0v) is 40.4. The maximum Gasteiger partial charge on any atom is 0.318 e. The van der Waals surface area contributed by atoms with Crippen LogP contribution in [0.5, 0.6) is 5.75 Å². The van der Waals surface area contributed by atoms with Crippen molar-refractivity contribution in [1.29, 1.82) is 0 Å². The minimum Gasteiger partial charge on any atom is -0.507 e. The molecule has 0 radical (unpaired) electrons. The Labute approximate surface area is 402 Å². The summed E-state index contributed by atoms with van der Waals surface area (Å²) < 4.78 is 0. The predicted octanol–water partition coefficient (Wildman–Crippen LogP) is 4.85. The zero-order chi connectivity index (χ0) is 47.7. The number of amides is 4. The minimum atomic E-state index is -0.878. The van der Waals surface area contributed by atoms with Crippen LogP contribution in [0.4, 0.5) is 10.6 Å². The van der Waals surface area contributed by atoms with Gasteiger partial charge in [-0.2, -0.15) is 0 Å². The highest BCUT2D eigenvalue weighted by Gasteiger charge is 2.47. The first-order valence-electron chi connectivity index (χ1n) is 25.3. The number of piperazine rings is 1. The smallest absolute Gasteiger partial charge is 0.318 e. The molecule has 4 saturated heterocycles. The van der Waals surface area contributed by atoms with Gasteiger partial charge in [0.25, 0.3) is 0 Å². The molecule has 0 bridgehead atoms. The van der Waals surface area contributed by atoms with Crippen molar-refractivity contribution in [3.63, 3.8) is 0 Å². The largest absolute Gasteiger partial charge is 0.507 e. The molecule has 3 aromatic rings. The molecule has 6 aliphatic rings. The Morgan fingerprint density at radius 1 is 0.897 bits per heavy atom. The molecule has 0 spiro atoms. The Kier molecular flexibility index (Phi) is 14.3. The number of aliphatic hydroxyl groups is 1. The van der Waals surface area contributed by atoms with Crippen molar-refractivity contribution in [2.45, 2.75) is 134 Å². The maximum absolute atomic E-state index is 14.2. The van der Waals surface area contributed by atoms with Gasteiger partial charge in [0.1, 0.15) is 17.8 Å². The molecule has 364 valence electrons. The van der Waals surface area contributed by atoms with Gasteiger partial charge in [-0.1, -0.05) is 51.0 Å². The zero-order valence-electron chi connectivity index (χ0n) is 40.4. The molecule has 15 heteroatoms. The summed E-state index contributed by atoms with van der Waals surface area (Å²) in [6.45, 7) is 15.7. The fourth-order valence-electron chi connectivity index (χ4n) is 12.3. The van der Waals surface area contributed by atoms with Crippen LogP contribution in [-0.2, 0) is 16.1 Å². The number of phenolic OH excluding ortho intramolecular Hbond substituents is 1. The Morgan fingerprint density at radius 3 is 2.31 bits per heavy atom. The topological polar surface area (TPSA) is 170 Å². The first-order valence-corrected chi connectivity index (χ1v) is 25.3. The number of para-hydroxylation sites is 1. The molecule has 2 unspecified atom stereocenters. The molecule has 2 aromatic carbocycles. The van der Waals surface area contributed by atoms with Crippen molar-refractivity contribution >= 4 is 23.7 Å². The predicted molar refractivity (Wildman–Crippen MR) is 263 cm³/mol. The number of urea groups is 1. The van der Waals surface area contributed by atoms with E-state index < -0.39 is 23.6 Å². The van der Waals surface area contributed by atoms with Crippen LogP contribution in [0.1, 0.15) is 102 Å². The van der Waals surface area contributed by atoms with E-state index in [1.54, 1.807) is 6.07 Å². The highest BCUT2D eigenvalue weighted by atomic mass is 16.3. The number of rotatable bonds is 10. The van der Waals surface area contributed by atoms with Crippen LogP contribution in [0, 0.1) is 23.7 Å². The Bertz CT molecular complexity index is 2310. The van der Waals surface area contributed by atoms with Gasteiger partial charge in [0.05, 0.1) is 11.8 Å². The number of carbonyl (C=O) groups is 3. The van der Waals surface area contributed by atoms with Crippen molar-refractivity contribution in [3.05, 3.63) is 71.3 Å². The highest BCUT2D eigenvalue weighted by molar-refractivity contribution is 5.93. The third-order valence-corrected chi connectivity index (χ3v) is 16.2. The number of aliphatic hydroxyl groups excluding tert-OH is 1. The molecule has 6 heterocycles. The van der Waals surface area contributed by atoms with E-state index in [1.165, 1.54) is 49.0 Å². The summed E-state index contributed by atoms with van der Waals surface area (Å²) in [6.07, 6.45) is 13.2. The van der Waals surface area contributed by atoms with E-state index in [0.717, 1.165) is 73.9 Å². The second-order valence-corrected chi connectivity index (χ2v) is 21.5. The molecular formula is C53H72N10O5. The number of piperidine rings is 2. The Morgan fingerprint density at radius 2 is 1.62 bits per heavy atom. The van der Waals surface area contributed by atoms with Gasteiger partial charge in [-0.25, -0.2) is 4.79 Å². The second-order valence-electron chi connectivity index (χ2n) is 21.5. The summed E-state index contributed by atoms with van der Waals surface area (Å²) in [5.41, 5.74) is 3.66. The van der Waals surface area contributed by atoms with Gasteiger partial charge in [-0.3, -0.25) is 19.4 Å². The van der Waals surface area contributed by atoms with Gasteiger partial charge in [0, 0.05) is 106 Å². The number of terminal acetylenes is 1. The summed E-state index contributed by atoms with van der Waals surface area (Å²) in [7, 11) is 0. The number of β-amino-alcohol motifs (C(OH)–C–C–N with tert-alkyl or cyclic N) is 1. The molecular weight excluding hydrogens is 857 g/mol. The van der Waals surface area contributed by atoms with E-state index in [2.05, 4.69) is 59.8 Å². The van der Waals surface area contributed by atoms with Crippen LogP contribution in [0.2, 0.25) is 0 Å². The molecule has 9 rings (SSSR count). The van der Waals surface area contributed by atoms with Crippen molar-refractivity contribution < 1.29 is 24.6 Å². The number of phenols is 1. The number of carbonyl (C=O) groups excluding carboxylic acids is 3. The molecule has 68 heavy (non-hydrogen) atoms. The normalized spacial score (nSPS) is 27.7. The number of benzene rings is 2. The quantitative estimate of drug-likeness (QED) is 0.177. The molecule has 5 N–H and O–H groups in total. The van der Waals surface area contributed by atoms with Crippen molar-refractivity contribution in [2.75, 3.05) is 64.2 Å². The van der Waals surface area contributed by atoms with E-state index in [-0.39, 0.29) is 43.1 Å². The molecule has 15 nitrogen and oxygen atoms in total. The van der Waals surface area contributed by atoms with Crippen molar-refractivity contribution in [3.8, 4) is 29.4 Å². The van der Waals surface area contributed by atoms with Gasteiger partial charge in [-0.15, -0.1) is 16.6 Å².